The van der Waals surface area contributed by atoms with Crippen LogP contribution in [0.4, 0.5) is 13.2 Å². The summed E-state index contributed by atoms with van der Waals surface area (Å²) < 4.78 is 43.5. The smallest absolute Gasteiger partial charge is 0.416 e. The topological polar surface area (TPSA) is 95.5 Å². The maximum atomic E-state index is 12.9. The van der Waals surface area contributed by atoms with Crippen molar-refractivity contribution in [2.45, 2.75) is 13.1 Å². The first-order valence-corrected chi connectivity index (χ1v) is 7.87. The second-order valence-electron chi connectivity index (χ2n) is 5.75. The molecule has 0 bridgehead atoms. The van der Waals surface area contributed by atoms with Crippen molar-refractivity contribution in [2.24, 2.45) is 0 Å². The Hall–Kier alpha value is -2.88. The number of aliphatic carboxylic acids is 1. The molecule has 0 saturated carbocycles. The molecule has 1 aromatic heterocycles. The van der Waals surface area contributed by atoms with Crippen LogP contribution in [0.1, 0.15) is 21.7 Å². The van der Waals surface area contributed by atoms with Crippen LogP contribution in [0.25, 0.3) is 11.4 Å². The highest BCUT2D eigenvalue weighted by atomic mass is 19.4. The van der Waals surface area contributed by atoms with Gasteiger partial charge in [0.05, 0.1) is 12.2 Å². The fourth-order valence-electron chi connectivity index (χ4n) is 2.42. The standard InChI is InChI=1S/C17H18F3N3O4/c1-10-14(16(26)23(6-7-27-2)9-13(24)25)22-15(21-10)11-4-3-5-12(8-11)17(18,19)20/h3-5,8H,6-7,9H2,1-2H3,(H,21,22)(H,24,25). The van der Waals surface area contributed by atoms with Gasteiger partial charge in [0.25, 0.3) is 5.91 Å². The summed E-state index contributed by atoms with van der Waals surface area (Å²) in [6.45, 7) is 1.15. The number of H-pyrrole nitrogens is 1. The Balaban J connectivity index is 2.34. The van der Waals surface area contributed by atoms with Crippen LogP contribution in [0.3, 0.4) is 0 Å². The summed E-state index contributed by atoms with van der Waals surface area (Å²) in [5.74, 6) is -1.77. The minimum absolute atomic E-state index is 0.0345. The van der Waals surface area contributed by atoms with Gasteiger partial charge in [0.1, 0.15) is 18.1 Å². The molecule has 0 atom stereocenters. The monoisotopic (exact) mass is 385 g/mol. The number of ether oxygens (including phenoxy) is 1. The van der Waals surface area contributed by atoms with Gasteiger partial charge < -0.3 is 19.7 Å². The number of rotatable bonds is 7. The van der Waals surface area contributed by atoms with E-state index in [0.29, 0.717) is 5.69 Å². The number of aromatic amines is 1. The number of alkyl halides is 3. The maximum absolute atomic E-state index is 12.9. The van der Waals surface area contributed by atoms with E-state index in [4.69, 9.17) is 9.84 Å². The van der Waals surface area contributed by atoms with Crippen molar-refractivity contribution < 1.29 is 32.6 Å². The average Bonchev–Trinajstić information content (AvgIpc) is 2.99. The van der Waals surface area contributed by atoms with Gasteiger partial charge in [-0.05, 0) is 19.1 Å². The Bertz CT molecular complexity index is 833. The molecule has 1 aromatic carbocycles. The first-order chi connectivity index (χ1) is 12.6. The lowest BCUT2D eigenvalue weighted by atomic mass is 10.1. The summed E-state index contributed by atoms with van der Waals surface area (Å²) in [5.41, 5.74) is -0.414. The molecule has 1 heterocycles. The molecule has 10 heteroatoms. The molecule has 146 valence electrons. The lowest BCUT2D eigenvalue weighted by molar-refractivity contribution is -0.138. The normalized spacial score (nSPS) is 11.4. The summed E-state index contributed by atoms with van der Waals surface area (Å²) in [6.07, 6.45) is -4.51. The Labute approximate surface area is 152 Å². The van der Waals surface area contributed by atoms with Crippen molar-refractivity contribution in [1.82, 2.24) is 14.9 Å². The number of methoxy groups -OCH3 is 1. The highest BCUT2D eigenvalue weighted by molar-refractivity contribution is 5.95. The van der Waals surface area contributed by atoms with Gasteiger partial charge in [-0.3, -0.25) is 9.59 Å². The number of benzene rings is 1. The van der Waals surface area contributed by atoms with Gasteiger partial charge in [0.15, 0.2) is 0 Å². The Morgan fingerprint density at radius 1 is 1.33 bits per heavy atom. The lowest BCUT2D eigenvalue weighted by Gasteiger charge is -2.19. The van der Waals surface area contributed by atoms with Crippen LogP contribution in [0.5, 0.6) is 0 Å². The molecule has 0 aliphatic heterocycles. The van der Waals surface area contributed by atoms with Crippen LogP contribution in [-0.4, -0.2) is 58.7 Å². The highest BCUT2D eigenvalue weighted by Gasteiger charge is 2.31. The van der Waals surface area contributed by atoms with Gasteiger partial charge >= 0.3 is 12.1 Å². The average molecular weight is 385 g/mol. The maximum Gasteiger partial charge on any atom is 0.416 e. The molecular formula is C17H18F3N3O4. The van der Waals surface area contributed by atoms with Crippen molar-refractivity contribution in [3.8, 4) is 11.4 Å². The summed E-state index contributed by atoms with van der Waals surface area (Å²) in [6, 6.07) is 4.53. The number of carbonyl (C=O) groups is 2. The van der Waals surface area contributed by atoms with Gasteiger partial charge in [-0.15, -0.1) is 0 Å². The molecule has 1 amide bonds. The lowest BCUT2D eigenvalue weighted by Crippen LogP contribution is -2.38. The third-order valence-corrected chi connectivity index (χ3v) is 3.73. The summed E-state index contributed by atoms with van der Waals surface area (Å²) in [4.78, 5) is 31.5. The molecule has 0 fully saturated rings. The molecule has 0 unspecified atom stereocenters. The number of hydrogen-bond acceptors (Lipinski definition) is 4. The number of aromatic nitrogens is 2. The number of carboxylic acids is 1. The van der Waals surface area contributed by atoms with E-state index < -0.39 is 30.2 Å². The molecule has 0 spiro atoms. The number of nitrogens with zero attached hydrogens (tertiary/aromatic N) is 2. The summed E-state index contributed by atoms with van der Waals surface area (Å²) in [7, 11) is 1.41. The first-order valence-electron chi connectivity index (χ1n) is 7.87. The minimum atomic E-state index is -4.51. The number of halogens is 3. The molecule has 0 aliphatic rings. The molecule has 0 saturated heterocycles. The predicted molar refractivity (Wildman–Crippen MR) is 89.2 cm³/mol. The quantitative estimate of drug-likeness (QED) is 0.764. The molecule has 0 radical (unpaired) electrons. The van der Waals surface area contributed by atoms with Crippen molar-refractivity contribution in [3.63, 3.8) is 0 Å². The third kappa shape index (κ3) is 5.07. The summed E-state index contributed by atoms with van der Waals surface area (Å²) >= 11 is 0. The van der Waals surface area contributed by atoms with Crippen LogP contribution >= 0.6 is 0 Å². The van der Waals surface area contributed by atoms with Crippen LogP contribution in [-0.2, 0) is 15.7 Å². The van der Waals surface area contributed by atoms with E-state index in [1.54, 1.807) is 0 Å². The number of nitrogens with one attached hydrogen (secondary N) is 1. The van der Waals surface area contributed by atoms with Crippen molar-refractivity contribution in [3.05, 3.63) is 41.2 Å². The van der Waals surface area contributed by atoms with E-state index in [1.165, 1.54) is 26.2 Å². The van der Waals surface area contributed by atoms with Crippen molar-refractivity contribution in [2.75, 3.05) is 26.8 Å². The zero-order chi connectivity index (χ0) is 20.2. The highest BCUT2D eigenvalue weighted by Crippen LogP contribution is 2.31. The zero-order valence-corrected chi connectivity index (χ0v) is 14.6. The van der Waals surface area contributed by atoms with Crippen molar-refractivity contribution >= 4 is 11.9 Å². The van der Waals surface area contributed by atoms with Crippen LogP contribution in [0.15, 0.2) is 24.3 Å². The largest absolute Gasteiger partial charge is 0.480 e. The number of aryl methyl sites for hydroxylation is 1. The minimum Gasteiger partial charge on any atom is -0.480 e. The van der Waals surface area contributed by atoms with Gasteiger partial charge in [-0.2, -0.15) is 13.2 Å². The molecule has 2 rings (SSSR count). The molecule has 7 nitrogen and oxygen atoms in total. The number of imidazole rings is 1. The Morgan fingerprint density at radius 3 is 2.63 bits per heavy atom. The van der Waals surface area contributed by atoms with Gasteiger partial charge in [-0.25, -0.2) is 4.98 Å². The predicted octanol–water partition coefficient (Wildman–Crippen LogP) is 2.58. The molecule has 27 heavy (non-hydrogen) atoms. The van der Waals surface area contributed by atoms with E-state index >= 15 is 0 Å². The third-order valence-electron chi connectivity index (χ3n) is 3.73. The molecular weight excluding hydrogens is 367 g/mol. The second kappa shape index (κ2) is 8.21. The number of amides is 1. The molecule has 2 N–H and O–H groups in total. The van der Waals surface area contributed by atoms with E-state index in [0.717, 1.165) is 17.0 Å². The van der Waals surface area contributed by atoms with Gasteiger partial charge in [0.2, 0.25) is 0 Å². The van der Waals surface area contributed by atoms with Crippen LogP contribution < -0.4 is 0 Å². The Morgan fingerprint density at radius 2 is 2.04 bits per heavy atom. The summed E-state index contributed by atoms with van der Waals surface area (Å²) in [5, 5.41) is 8.97. The second-order valence-corrected chi connectivity index (χ2v) is 5.75. The van der Waals surface area contributed by atoms with Gasteiger partial charge in [-0.1, -0.05) is 12.1 Å². The zero-order valence-electron chi connectivity index (χ0n) is 14.6. The number of carbonyl (C=O) groups excluding carboxylic acids is 1. The van der Waals surface area contributed by atoms with Crippen LogP contribution in [0, 0.1) is 6.92 Å². The fourth-order valence-corrected chi connectivity index (χ4v) is 2.42. The van der Waals surface area contributed by atoms with E-state index in [1.807, 2.05) is 0 Å². The SMILES string of the molecule is COCCN(CC(=O)O)C(=O)c1nc(-c2cccc(C(F)(F)F)c2)[nH]c1C. The fraction of sp³-hybridized carbons (Fsp3) is 0.353. The van der Waals surface area contributed by atoms with E-state index in [2.05, 4.69) is 9.97 Å². The Kier molecular flexibility index (Phi) is 6.21. The number of hydrogen-bond donors (Lipinski definition) is 2. The van der Waals surface area contributed by atoms with Gasteiger partial charge in [0, 0.05) is 24.9 Å². The molecule has 0 aliphatic carbocycles. The molecule has 2 aromatic rings. The first kappa shape index (κ1) is 20.4. The van der Waals surface area contributed by atoms with Crippen molar-refractivity contribution in [1.29, 1.82) is 0 Å². The van der Waals surface area contributed by atoms with E-state index in [-0.39, 0.29) is 30.2 Å². The van der Waals surface area contributed by atoms with E-state index in [9.17, 15) is 22.8 Å². The van der Waals surface area contributed by atoms with Crippen LogP contribution in [0.2, 0.25) is 0 Å². The number of carboxylic acid groups (broad SMARTS) is 1.